The first-order valence-electron chi connectivity index (χ1n) is 8.14. The van der Waals surface area contributed by atoms with E-state index in [1.807, 2.05) is 32.0 Å². The summed E-state index contributed by atoms with van der Waals surface area (Å²) in [6, 6.07) is 9.23. The predicted octanol–water partition coefficient (Wildman–Crippen LogP) is 3.68. The van der Waals surface area contributed by atoms with E-state index >= 15 is 0 Å². The second kappa shape index (κ2) is 7.83. The van der Waals surface area contributed by atoms with E-state index in [0.717, 1.165) is 40.7 Å². The fraction of sp³-hybridized carbons (Fsp3) is 0.222. The number of anilines is 1. The van der Waals surface area contributed by atoms with E-state index in [0.29, 0.717) is 5.16 Å². The van der Waals surface area contributed by atoms with Crippen LogP contribution in [-0.4, -0.2) is 31.4 Å². The second-order valence-corrected chi connectivity index (χ2v) is 7.32. The summed E-state index contributed by atoms with van der Waals surface area (Å²) in [5.74, 6) is -2.22. The van der Waals surface area contributed by atoms with Gasteiger partial charge in [-0.25, -0.2) is 8.78 Å². The SMILES string of the molecule is Cc1ccc(-n2nnnc2S[C@@H](C)C(=O)Nc2c(F)cccc2F)c(C)c1. The number of para-hydroxylation sites is 1. The van der Waals surface area contributed by atoms with Gasteiger partial charge in [0.25, 0.3) is 0 Å². The third-order valence-corrected chi connectivity index (χ3v) is 4.92. The summed E-state index contributed by atoms with van der Waals surface area (Å²) in [7, 11) is 0. The average Bonchev–Trinajstić information content (AvgIpc) is 3.06. The monoisotopic (exact) mass is 389 g/mol. The lowest BCUT2D eigenvalue weighted by Crippen LogP contribution is -2.24. The van der Waals surface area contributed by atoms with Crippen molar-refractivity contribution in [3.63, 3.8) is 0 Å². The Labute approximate surface area is 159 Å². The molecule has 3 rings (SSSR count). The Kier molecular flexibility index (Phi) is 5.50. The van der Waals surface area contributed by atoms with Gasteiger partial charge in [-0.15, -0.1) is 5.10 Å². The van der Waals surface area contributed by atoms with E-state index in [1.165, 1.54) is 10.7 Å². The highest BCUT2D eigenvalue weighted by Crippen LogP contribution is 2.26. The molecule has 0 saturated heterocycles. The van der Waals surface area contributed by atoms with Gasteiger partial charge in [0.05, 0.1) is 10.9 Å². The van der Waals surface area contributed by atoms with Gasteiger partial charge in [0.15, 0.2) is 0 Å². The molecule has 2 aromatic carbocycles. The molecule has 0 aliphatic carbocycles. The lowest BCUT2D eigenvalue weighted by molar-refractivity contribution is -0.115. The number of carbonyl (C=O) groups excluding carboxylic acids is 1. The Balaban J connectivity index is 1.78. The second-order valence-electron chi connectivity index (χ2n) is 6.01. The fourth-order valence-corrected chi connectivity index (χ4v) is 3.30. The van der Waals surface area contributed by atoms with Gasteiger partial charge in [0, 0.05) is 0 Å². The fourth-order valence-electron chi connectivity index (χ4n) is 2.50. The topological polar surface area (TPSA) is 72.7 Å². The van der Waals surface area contributed by atoms with Crippen molar-refractivity contribution < 1.29 is 13.6 Å². The summed E-state index contributed by atoms with van der Waals surface area (Å²) in [6.45, 7) is 5.54. The third-order valence-electron chi connectivity index (χ3n) is 3.88. The summed E-state index contributed by atoms with van der Waals surface area (Å²) >= 11 is 1.09. The quantitative estimate of drug-likeness (QED) is 0.674. The number of rotatable bonds is 5. The van der Waals surface area contributed by atoms with Gasteiger partial charge in [-0.05, 0) is 55.0 Å². The Morgan fingerprint density at radius 1 is 1.19 bits per heavy atom. The molecular formula is C18H17F2N5OS. The van der Waals surface area contributed by atoms with Crippen molar-refractivity contribution in [1.82, 2.24) is 20.2 Å². The van der Waals surface area contributed by atoms with Crippen LogP contribution < -0.4 is 5.32 Å². The molecule has 1 N–H and O–H groups in total. The van der Waals surface area contributed by atoms with Crippen LogP contribution >= 0.6 is 11.8 Å². The molecule has 0 fully saturated rings. The van der Waals surface area contributed by atoms with Crippen molar-refractivity contribution in [2.24, 2.45) is 0 Å². The third kappa shape index (κ3) is 4.13. The first kappa shape index (κ1) is 19.0. The van der Waals surface area contributed by atoms with E-state index < -0.39 is 28.5 Å². The van der Waals surface area contributed by atoms with Crippen LogP contribution in [0.25, 0.3) is 5.69 Å². The first-order valence-corrected chi connectivity index (χ1v) is 9.02. The maximum atomic E-state index is 13.7. The van der Waals surface area contributed by atoms with E-state index in [-0.39, 0.29) is 0 Å². The number of aryl methyl sites for hydroxylation is 2. The van der Waals surface area contributed by atoms with Crippen LogP contribution in [0.5, 0.6) is 0 Å². The summed E-state index contributed by atoms with van der Waals surface area (Å²) in [5, 5.41) is 13.6. The highest BCUT2D eigenvalue weighted by atomic mass is 32.2. The Morgan fingerprint density at radius 3 is 2.56 bits per heavy atom. The number of hydrogen-bond acceptors (Lipinski definition) is 5. The van der Waals surface area contributed by atoms with Gasteiger partial charge in [0.1, 0.15) is 17.3 Å². The summed E-state index contributed by atoms with van der Waals surface area (Å²) in [6.07, 6.45) is 0. The van der Waals surface area contributed by atoms with Crippen LogP contribution in [0.2, 0.25) is 0 Å². The zero-order valence-electron chi connectivity index (χ0n) is 14.9. The molecular weight excluding hydrogens is 372 g/mol. The lowest BCUT2D eigenvalue weighted by Gasteiger charge is -2.13. The zero-order chi connectivity index (χ0) is 19.6. The Morgan fingerprint density at radius 2 is 1.89 bits per heavy atom. The van der Waals surface area contributed by atoms with Gasteiger partial charge in [-0.3, -0.25) is 4.79 Å². The molecule has 1 heterocycles. The normalized spacial score (nSPS) is 12.0. The molecule has 1 amide bonds. The minimum absolute atomic E-state index is 0.401. The Hall–Kier alpha value is -2.81. The molecule has 1 aromatic heterocycles. The number of carbonyl (C=O) groups is 1. The van der Waals surface area contributed by atoms with Crippen molar-refractivity contribution in [3.8, 4) is 5.69 Å². The first-order chi connectivity index (χ1) is 12.9. The van der Waals surface area contributed by atoms with Gasteiger partial charge in [-0.2, -0.15) is 4.68 Å². The highest BCUT2D eigenvalue weighted by Gasteiger charge is 2.22. The van der Waals surface area contributed by atoms with Crippen molar-refractivity contribution in [2.75, 3.05) is 5.32 Å². The number of amides is 1. The van der Waals surface area contributed by atoms with E-state index in [9.17, 15) is 13.6 Å². The van der Waals surface area contributed by atoms with Crippen LogP contribution in [0.1, 0.15) is 18.1 Å². The van der Waals surface area contributed by atoms with E-state index in [1.54, 1.807) is 6.92 Å². The molecule has 0 spiro atoms. The molecule has 0 saturated carbocycles. The number of hydrogen-bond donors (Lipinski definition) is 1. The number of nitrogens with one attached hydrogen (secondary N) is 1. The Bertz CT molecular complexity index is 971. The molecule has 140 valence electrons. The number of tetrazole rings is 1. The van der Waals surface area contributed by atoms with E-state index in [2.05, 4.69) is 20.8 Å². The summed E-state index contributed by atoms with van der Waals surface area (Å²) < 4.78 is 29.0. The molecule has 3 aromatic rings. The number of aromatic nitrogens is 4. The van der Waals surface area contributed by atoms with Crippen LogP contribution in [0.3, 0.4) is 0 Å². The lowest BCUT2D eigenvalue weighted by atomic mass is 10.1. The smallest absolute Gasteiger partial charge is 0.237 e. The molecule has 6 nitrogen and oxygen atoms in total. The number of nitrogens with zero attached hydrogens (tertiary/aromatic N) is 4. The predicted molar refractivity (Wildman–Crippen MR) is 98.9 cm³/mol. The van der Waals surface area contributed by atoms with E-state index in [4.69, 9.17) is 0 Å². The van der Waals surface area contributed by atoms with Crippen LogP contribution in [0.15, 0.2) is 41.6 Å². The molecule has 1 atom stereocenters. The minimum atomic E-state index is -0.833. The van der Waals surface area contributed by atoms with Crippen molar-refractivity contribution in [2.45, 2.75) is 31.2 Å². The molecule has 9 heteroatoms. The molecule has 0 aliphatic rings. The largest absolute Gasteiger partial charge is 0.320 e. The standard InChI is InChI=1S/C18H17F2N5OS/c1-10-7-8-15(11(2)9-10)25-18(22-23-24-25)27-12(3)17(26)21-16-13(19)5-4-6-14(16)20/h4-9,12H,1-3H3,(H,21,26)/t12-/m0/s1. The number of thioether (sulfide) groups is 1. The van der Waals surface area contributed by atoms with Crippen LogP contribution in [0, 0.1) is 25.5 Å². The summed E-state index contributed by atoms with van der Waals surface area (Å²) in [4.78, 5) is 12.4. The van der Waals surface area contributed by atoms with Crippen molar-refractivity contribution in [3.05, 3.63) is 59.2 Å². The molecule has 0 unspecified atom stereocenters. The molecule has 0 radical (unpaired) electrons. The van der Waals surface area contributed by atoms with Gasteiger partial charge >= 0.3 is 0 Å². The van der Waals surface area contributed by atoms with Gasteiger partial charge in [-0.1, -0.05) is 35.5 Å². The average molecular weight is 389 g/mol. The maximum absolute atomic E-state index is 13.7. The van der Waals surface area contributed by atoms with Crippen molar-refractivity contribution in [1.29, 1.82) is 0 Å². The number of benzene rings is 2. The minimum Gasteiger partial charge on any atom is -0.320 e. The van der Waals surface area contributed by atoms with Crippen LogP contribution in [0.4, 0.5) is 14.5 Å². The number of halogens is 2. The van der Waals surface area contributed by atoms with Gasteiger partial charge < -0.3 is 5.32 Å². The molecule has 0 bridgehead atoms. The molecule has 27 heavy (non-hydrogen) atoms. The molecule has 0 aliphatic heterocycles. The van der Waals surface area contributed by atoms with Crippen molar-refractivity contribution >= 4 is 23.4 Å². The highest BCUT2D eigenvalue weighted by molar-refractivity contribution is 8.00. The maximum Gasteiger partial charge on any atom is 0.237 e. The zero-order valence-corrected chi connectivity index (χ0v) is 15.7. The van der Waals surface area contributed by atoms with Gasteiger partial charge in [0.2, 0.25) is 11.1 Å². The van der Waals surface area contributed by atoms with Crippen LogP contribution in [-0.2, 0) is 4.79 Å². The summed E-state index contributed by atoms with van der Waals surface area (Å²) in [5.41, 5.74) is 2.41.